The van der Waals surface area contributed by atoms with Crippen molar-refractivity contribution in [1.29, 1.82) is 0 Å². The van der Waals surface area contributed by atoms with Crippen LogP contribution in [-0.4, -0.2) is 23.4 Å². The second-order valence-electron chi connectivity index (χ2n) is 3.59. The normalized spacial score (nSPS) is 10.6. The Morgan fingerprint density at radius 3 is 2.78 bits per heavy atom. The molecule has 1 heterocycles. The van der Waals surface area contributed by atoms with E-state index in [1.54, 1.807) is 12.1 Å². The highest BCUT2D eigenvalue weighted by molar-refractivity contribution is 7.71. The van der Waals surface area contributed by atoms with Crippen molar-refractivity contribution >= 4 is 23.1 Å². The highest BCUT2D eigenvalue weighted by Gasteiger charge is 2.10. The van der Waals surface area contributed by atoms with Crippen molar-refractivity contribution in [3.63, 3.8) is 0 Å². The van der Waals surface area contributed by atoms with Crippen LogP contribution in [0.4, 0.5) is 0 Å². The fourth-order valence-corrected chi connectivity index (χ4v) is 1.86. The molecule has 0 amide bonds. The van der Waals surface area contributed by atoms with E-state index in [1.807, 2.05) is 6.92 Å². The average molecular weight is 267 g/mol. The number of benzene rings is 1. The number of fused-ring (bicyclic) bond motifs is 1. The Labute approximate surface area is 108 Å². The summed E-state index contributed by atoms with van der Waals surface area (Å²) in [6, 6.07) is 3.26. The molecule has 18 heavy (non-hydrogen) atoms. The van der Waals surface area contributed by atoms with Gasteiger partial charge in [-0.2, -0.15) is 4.68 Å². The molecular formula is C11H13N3O3S. The van der Waals surface area contributed by atoms with E-state index >= 15 is 0 Å². The van der Waals surface area contributed by atoms with Crippen LogP contribution in [0, 0.1) is 4.77 Å². The van der Waals surface area contributed by atoms with Crippen LogP contribution in [0.3, 0.4) is 0 Å². The van der Waals surface area contributed by atoms with Gasteiger partial charge in [0, 0.05) is 6.07 Å². The van der Waals surface area contributed by atoms with Gasteiger partial charge in [-0.15, -0.1) is 0 Å². The standard InChI is InChI=1S/C11H13N3O3S/c1-3-17-9-4-6-7(5-8(9)16-2)13-11(18)14(12)10(6)15/h4-5H,3,12H2,1-2H3,(H,13,18). The summed E-state index contributed by atoms with van der Waals surface area (Å²) in [6.07, 6.45) is 0. The second kappa shape index (κ2) is 4.69. The van der Waals surface area contributed by atoms with E-state index < -0.39 is 0 Å². The third kappa shape index (κ3) is 1.92. The molecular weight excluding hydrogens is 254 g/mol. The molecule has 0 aliphatic heterocycles. The number of aromatic nitrogens is 2. The highest BCUT2D eigenvalue weighted by Crippen LogP contribution is 2.30. The van der Waals surface area contributed by atoms with Crippen LogP contribution in [0.15, 0.2) is 16.9 Å². The summed E-state index contributed by atoms with van der Waals surface area (Å²) >= 11 is 4.94. The third-order valence-electron chi connectivity index (χ3n) is 2.51. The Balaban J connectivity index is 2.84. The van der Waals surface area contributed by atoms with Gasteiger partial charge in [-0.1, -0.05) is 0 Å². The molecule has 2 rings (SSSR count). The van der Waals surface area contributed by atoms with Gasteiger partial charge in [0.15, 0.2) is 16.3 Å². The number of ether oxygens (including phenoxy) is 2. The molecule has 0 atom stereocenters. The van der Waals surface area contributed by atoms with Gasteiger partial charge in [0.25, 0.3) is 5.56 Å². The van der Waals surface area contributed by atoms with Gasteiger partial charge < -0.3 is 20.3 Å². The lowest BCUT2D eigenvalue weighted by atomic mass is 10.2. The van der Waals surface area contributed by atoms with E-state index in [9.17, 15) is 4.79 Å². The van der Waals surface area contributed by atoms with Gasteiger partial charge in [0.2, 0.25) is 0 Å². The van der Waals surface area contributed by atoms with Crippen molar-refractivity contribution in [1.82, 2.24) is 9.66 Å². The molecule has 0 spiro atoms. The molecule has 0 aliphatic carbocycles. The van der Waals surface area contributed by atoms with Gasteiger partial charge >= 0.3 is 0 Å². The first kappa shape index (κ1) is 12.4. The minimum absolute atomic E-state index is 0.152. The van der Waals surface area contributed by atoms with Crippen molar-refractivity contribution in [2.45, 2.75) is 6.92 Å². The zero-order valence-electron chi connectivity index (χ0n) is 10.0. The van der Waals surface area contributed by atoms with Crippen LogP contribution >= 0.6 is 12.2 Å². The number of H-pyrrole nitrogens is 1. The molecule has 2 aromatic rings. The summed E-state index contributed by atoms with van der Waals surface area (Å²) in [7, 11) is 1.53. The van der Waals surface area contributed by atoms with E-state index in [1.165, 1.54) is 7.11 Å². The van der Waals surface area contributed by atoms with Crippen molar-refractivity contribution in [2.24, 2.45) is 0 Å². The smallest absolute Gasteiger partial charge is 0.280 e. The molecule has 0 radical (unpaired) electrons. The van der Waals surface area contributed by atoms with Gasteiger partial charge in [-0.3, -0.25) is 4.79 Å². The minimum Gasteiger partial charge on any atom is -0.493 e. The largest absolute Gasteiger partial charge is 0.493 e. The first-order valence-corrected chi connectivity index (χ1v) is 5.74. The van der Waals surface area contributed by atoms with Gasteiger partial charge in [-0.25, -0.2) is 0 Å². The fraction of sp³-hybridized carbons (Fsp3) is 0.273. The molecule has 0 saturated heterocycles. The zero-order chi connectivity index (χ0) is 13.3. The summed E-state index contributed by atoms with van der Waals surface area (Å²) in [4.78, 5) is 14.8. The van der Waals surface area contributed by atoms with Crippen LogP contribution in [0.5, 0.6) is 11.5 Å². The summed E-state index contributed by atoms with van der Waals surface area (Å²) < 4.78 is 11.6. The lowest BCUT2D eigenvalue weighted by Gasteiger charge is -2.11. The number of nitrogens with one attached hydrogen (secondary N) is 1. The number of hydrogen-bond acceptors (Lipinski definition) is 5. The minimum atomic E-state index is -0.377. The molecule has 96 valence electrons. The van der Waals surface area contributed by atoms with Crippen LogP contribution < -0.4 is 20.9 Å². The second-order valence-corrected chi connectivity index (χ2v) is 3.97. The number of aromatic amines is 1. The first-order valence-electron chi connectivity index (χ1n) is 5.33. The number of nitrogens with two attached hydrogens (primary N) is 1. The number of rotatable bonds is 3. The number of nitrogens with zero attached hydrogens (tertiary/aromatic N) is 1. The molecule has 0 aliphatic rings. The Kier molecular flexibility index (Phi) is 3.24. The number of nitrogen functional groups attached to an aromatic ring is 1. The summed E-state index contributed by atoms with van der Waals surface area (Å²) in [5.41, 5.74) is 0.185. The SMILES string of the molecule is CCOc1cc2c(=O)n(N)c(=S)[nH]c2cc1OC. The Morgan fingerprint density at radius 1 is 1.44 bits per heavy atom. The summed E-state index contributed by atoms with van der Waals surface area (Å²) in [5.74, 6) is 6.57. The molecule has 3 N–H and O–H groups in total. The lowest BCUT2D eigenvalue weighted by Crippen LogP contribution is -2.28. The first-order chi connectivity index (χ1) is 8.58. The van der Waals surface area contributed by atoms with E-state index in [0.29, 0.717) is 29.0 Å². The maximum Gasteiger partial charge on any atom is 0.280 e. The fourth-order valence-electron chi connectivity index (χ4n) is 1.67. The van der Waals surface area contributed by atoms with Gasteiger partial charge in [0.05, 0.1) is 24.6 Å². The van der Waals surface area contributed by atoms with Crippen LogP contribution in [0.25, 0.3) is 10.9 Å². The Morgan fingerprint density at radius 2 is 2.17 bits per heavy atom. The lowest BCUT2D eigenvalue weighted by molar-refractivity contribution is 0.311. The Hall–Kier alpha value is -2.02. The molecule has 7 heteroatoms. The summed E-state index contributed by atoms with van der Waals surface area (Å²) in [6.45, 7) is 2.32. The highest BCUT2D eigenvalue weighted by atomic mass is 32.1. The quantitative estimate of drug-likeness (QED) is 0.644. The van der Waals surface area contributed by atoms with Crippen molar-refractivity contribution in [2.75, 3.05) is 19.6 Å². The van der Waals surface area contributed by atoms with Gasteiger partial charge in [-0.05, 0) is 25.2 Å². The maximum absolute atomic E-state index is 12.0. The summed E-state index contributed by atoms with van der Waals surface area (Å²) in [5, 5.41) is 0.398. The third-order valence-corrected chi connectivity index (χ3v) is 2.81. The van der Waals surface area contributed by atoms with E-state index in [0.717, 1.165) is 4.68 Å². The van der Waals surface area contributed by atoms with Crippen molar-refractivity contribution < 1.29 is 9.47 Å². The van der Waals surface area contributed by atoms with Gasteiger partial charge in [0.1, 0.15) is 0 Å². The molecule has 0 fully saturated rings. The van der Waals surface area contributed by atoms with Crippen LogP contribution in [-0.2, 0) is 0 Å². The Bertz CT molecular complexity index is 705. The van der Waals surface area contributed by atoms with E-state index in [-0.39, 0.29) is 10.3 Å². The molecule has 0 saturated carbocycles. The predicted octanol–water partition coefficient (Wildman–Crippen LogP) is 1.18. The molecule has 1 aromatic heterocycles. The molecule has 0 bridgehead atoms. The molecule has 0 unspecified atom stereocenters. The van der Waals surface area contributed by atoms with Crippen LogP contribution in [0.2, 0.25) is 0 Å². The van der Waals surface area contributed by atoms with Crippen molar-refractivity contribution in [3.05, 3.63) is 27.3 Å². The van der Waals surface area contributed by atoms with Crippen molar-refractivity contribution in [3.8, 4) is 11.5 Å². The van der Waals surface area contributed by atoms with E-state index in [2.05, 4.69) is 4.98 Å². The maximum atomic E-state index is 12.0. The van der Waals surface area contributed by atoms with Crippen LogP contribution in [0.1, 0.15) is 6.92 Å². The monoisotopic (exact) mass is 267 g/mol. The number of methoxy groups -OCH3 is 1. The zero-order valence-corrected chi connectivity index (χ0v) is 10.8. The van der Waals surface area contributed by atoms with E-state index in [4.69, 9.17) is 27.5 Å². The number of hydrogen-bond donors (Lipinski definition) is 2. The topological polar surface area (TPSA) is 82.3 Å². The average Bonchev–Trinajstić information content (AvgIpc) is 2.37. The molecule has 1 aromatic carbocycles. The predicted molar refractivity (Wildman–Crippen MR) is 71.3 cm³/mol. The molecule has 6 nitrogen and oxygen atoms in total.